The van der Waals surface area contributed by atoms with Gasteiger partial charge >= 0.3 is 5.97 Å². The first-order chi connectivity index (χ1) is 9.52. The molecule has 20 heavy (non-hydrogen) atoms. The molecule has 1 aromatic carbocycles. The smallest absolute Gasteiger partial charge is 0.303 e. The summed E-state index contributed by atoms with van der Waals surface area (Å²) in [5.41, 5.74) is 2.41. The molecule has 0 fully saturated rings. The van der Waals surface area contributed by atoms with Crippen LogP contribution in [0.3, 0.4) is 0 Å². The van der Waals surface area contributed by atoms with Gasteiger partial charge < -0.3 is 9.84 Å². The predicted molar refractivity (Wildman–Crippen MR) is 79.6 cm³/mol. The van der Waals surface area contributed by atoms with Gasteiger partial charge in [0.15, 0.2) is 0 Å². The number of rotatable bonds is 9. The maximum absolute atomic E-state index is 10.6. The Labute approximate surface area is 121 Å². The minimum absolute atomic E-state index is 0.232. The SMILES string of the molecule is COCc1ccc(CN(CCCC(=O)O)C(C)C)cc1. The topological polar surface area (TPSA) is 49.8 Å². The Morgan fingerprint density at radius 2 is 1.85 bits per heavy atom. The molecular formula is C16H25NO3. The van der Waals surface area contributed by atoms with Gasteiger partial charge in [-0.25, -0.2) is 0 Å². The van der Waals surface area contributed by atoms with Crippen LogP contribution < -0.4 is 0 Å². The summed E-state index contributed by atoms with van der Waals surface area (Å²) < 4.78 is 5.10. The van der Waals surface area contributed by atoms with E-state index in [0.29, 0.717) is 19.1 Å². The van der Waals surface area contributed by atoms with E-state index in [2.05, 4.69) is 43.0 Å². The van der Waals surface area contributed by atoms with Gasteiger partial charge in [-0.15, -0.1) is 0 Å². The largest absolute Gasteiger partial charge is 0.481 e. The second-order valence-corrected chi connectivity index (χ2v) is 5.31. The zero-order chi connectivity index (χ0) is 15.0. The van der Waals surface area contributed by atoms with E-state index in [1.54, 1.807) is 7.11 Å². The van der Waals surface area contributed by atoms with Crippen molar-refractivity contribution in [2.45, 2.75) is 45.9 Å². The first-order valence-corrected chi connectivity index (χ1v) is 7.05. The van der Waals surface area contributed by atoms with E-state index in [-0.39, 0.29) is 6.42 Å². The van der Waals surface area contributed by atoms with Crippen LogP contribution in [0.5, 0.6) is 0 Å². The van der Waals surface area contributed by atoms with Gasteiger partial charge in [0.25, 0.3) is 0 Å². The van der Waals surface area contributed by atoms with Crippen LogP contribution in [0.15, 0.2) is 24.3 Å². The molecule has 1 rings (SSSR count). The lowest BCUT2D eigenvalue weighted by atomic mass is 10.1. The van der Waals surface area contributed by atoms with Crippen LogP contribution in [0.4, 0.5) is 0 Å². The molecule has 0 bridgehead atoms. The molecule has 0 aromatic heterocycles. The Hall–Kier alpha value is -1.39. The van der Waals surface area contributed by atoms with Crippen LogP contribution in [0, 0.1) is 0 Å². The van der Waals surface area contributed by atoms with Crippen LogP contribution in [-0.4, -0.2) is 35.7 Å². The Morgan fingerprint density at radius 1 is 1.25 bits per heavy atom. The minimum Gasteiger partial charge on any atom is -0.481 e. The molecule has 1 N–H and O–H groups in total. The van der Waals surface area contributed by atoms with Crippen molar-refractivity contribution in [1.29, 1.82) is 0 Å². The number of ether oxygens (including phenoxy) is 1. The first kappa shape index (κ1) is 16.7. The highest BCUT2D eigenvalue weighted by Crippen LogP contribution is 2.11. The van der Waals surface area contributed by atoms with Gasteiger partial charge in [-0.05, 0) is 37.9 Å². The van der Waals surface area contributed by atoms with Gasteiger partial charge in [0.1, 0.15) is 0 Å². The Morgan fingerprint density at radius 3 is 2.35 bits per heavy atom. The number of methoxy groups -OCH3 is 1. The molecule has 0 aliphatic heterocycles. The quantitative estimate of drug-likeness (QED) is 0.755. The predicted octanol–water partition coefficient (Wildman–Crippen LogP) is 2.91. The highest BCUT2D eigenvalue weighted by molar-refractivity contribution is 5.66. The molecule has 4 nitrogen and oxygen atoms in total. The second-order valence-electron chi connectivity index (χ2n) is 5.31. The van der Waals surface area contributed by atoms with Gasteiger partial charge in [0.05, 0.1) is 6.61 Å². The number of carboxylic acids is 1. The highest BCUT2D eigenvalue weighted by Gasteiger charge is 2.10. The molecule has 0 aliphatic carbocycles. The fraction of sp³-hybridized carbons (Fsp3) is 0.562. The van der Waals surface area contributed by atoms with E-state index >= 15 is 0 Å². The molecule has 112 valence electrons. The summed E-state index contributed by atoms with van der Waals surface area (Å²) in [5, 5.41) is 8.71. The van der Waals surface area contributed by atoms with Crippen LogP contribution in [0.2, 0.25) is 0 Å². The number of benzene rings is 1. The monoisotopic (exact) mass is 279 g/mol. The normalized spacial score (nSPS) is 11.2. The molecular weight excluding hydrogens is 254 g/mol. The van der Waals surface area contributed by atoms with Crippen LogP contribution >= 0.6 is 0 Å². The molecule has 0 atom stereocenters. The third-order valence-electron chi connectivity index (χ3n) is 3.29. The van der Waals surface area contributed by atoms with Crippen molar-refractivity contribution in [1.82, 2.24) is 4.90 Å². The van der Waals surface area contributed by atoms with Crippen LogP contribution in [-0.2, 0) is 22.7 Å². The summed E-state index contributed by atoms with van der Waals surface area (Å²) >= 11 is 0. The van der Waals surface area contributed by atoms with E-state index in [1.165, 1.54) is 11.1 Å². The summed E-state index contributed by atoms with van der Waals surface area (Å²) in [4.78, 5) is 12.9. The molecule has 1 aromatic rings. The summed E-state index contributed by atoms with van der Waals surface area (Å²) in [6.45, 7) is 6.57. The van der Waals surface area contributed by atoms with E-state index in [9.17, 15) is 4.79 Å². The standard InChI is InChI=1S/C16H25NO3/c1-13(2)17(10-4-5-16(18)19)11-14-6-8-15(9-7-14)12-20-3/h6-9,13H,4-5,10-12H2,1-3H3,(H,18,19). The summed E-state index contributed by atoms with van der Waals surface area (Å²) in [7, 11) is 1.69. The van der Waals surface area contributed by atoms with Crippen molar-refractivity contribution in [3.8, 4) is 0 Å². The molecule has 0 heterocycles. The fourth-order valence-corrected chi connectivity index (χ4v) is 2.10. The molecule has 4 heteroatoms. The van der Waals surface area contributed by atoms with Crippen molar-refractivity contribution >= 4 is 5.97 Å². The molecule has 0 aliphatic rings. The second kappa shape index (κ2) is 8.72. The summed E-state index contributed by atoms with van der Waals surface area (Å²) in [5.74, 6) is -0.724. The Bertz CT molecular complexity index is 401. The summed E-state index contributed by atoms with van der Waals surface area (Å²) in [6.07, 6.45) is 0.922. The van der Waals surface area contributed by atoms with Crippen molar-refractivity contribution < 1.29 is 14.6 Å². The Kier molecular flexibility index (Phi) is 7.26. The number of nitrogens with zero attached hydrogens (tertiary/aromatic N) is 1. The third kappa shape index (κ3) is 6.17. The van der Waals surface area contributed by atoms with Crippen molar-refractivity contribution in [2.24, 2.45) is 0 Å². The molecule has 0 radical (unpaired) electrons. The first-order valence-electron chi connectivity index (χ1n) is 7.05. The zero-order valence-corrected chi connectivity index (χ0v) is 12.6. The van der Waals surface area contributed by atoms with E-state index in [1.807, 2.05) is 0 Å². The van der Waals surface area contributed by atoms with Gasteiger partial charge in [-0.1, -0.05) is 24.3 Å². The average Bonchev–Trinajstić information content (AvgIpc) is 2.39. The van der Waals surface area contributed by atoms with Gasteiger partial charge in [0, 0.05) is 26.1 Å². The lowest BCUT2D eigenvalue weighted by Gasteiger charge is -2.26. The Balaban J connectivity index is 2.53. The molecule has 0 unspecified atom stereocenters. The number of carboxylic acid groups (broad SMARTS) is 1. The van der Waals surface area contributed by atoms with E-state index in [0.717, 1.165) is 13.1 Å². The number of hydrogen-bond acceptors (Lipinski definition) is 3. The zero-order valence-electron chi connectivity index (χ0n) is 12.6. The van der Waals surface area contributed by atoms with Crippen molar-refractivity contribution in [2.75, 3.05) is 13.7 Å². The number of aliphatic carboxylic acids is 1. The molecule has 0 saturated heterocycles. The molecule has 0 spiro atoms. The minimum atomic E-state index is -0.724. The van der Waals surface area contributed by atoms with Crippen LogP contribution in [0.1, 0.15) is 37.8 Å². The van der Waals surface area contributed by atoms with Crippen LogP contribution in [0.25, 0.3) is 0 Å². The van der Waals surface area contributed by atoms with Gasteiger partial charge in [-0.2, -0.15) is 0 Å². The average molecular weight is 279 g/mol. The lowest BCUT2D eigenvalue weighted by molar-refractivity contribution is -0.137. The van der Waals surface area contributed by atoms with Gasteiger partial charge in [0.2, 0.25) is 0 Å². The van der Waals surface area contributed by atoms with E-state index < -0.39 is 5.97 Å². The van der Waals surface area contributed by atoms with Gasteiger partial charge in [-0.3, -0.25) is 9.69 Å². The third-order valence-corrected chi connectivity index (χ3v) is 3.29. The number of hydrogen-bond donors (Lipinski definition) is 1. The number of carbonyl (C=O) groups is 1. The lowest BCUT2D eigenvalue weighted by Crippen LogP contribution is -2.31. The van der Waals surface area contributed by atoms with Crippen molar-refractivity contribution in [3.63, 3.8) is 0 Å². The van der Waals surface area contributed by atoms with Crippen molar-refractivity contribution in [3.05, 3.63) is 35.4 Å². The summed E-state index contributed by atoms with van der Waals surface area (Å²) in [6, 6.07) is 8.79. The highest BCUT2D eigenvalue weighted by atomic mass is 16.5. The fourth-order valence-electron chi connectivity index (χ4n) is 2.10. The molecule has 0 saturated carbocycles. The maximum atomic E-state index is 10.6. The maximum Gasteiger partial charge on any atom is 0.303 e. The molecule has 0 amide bonds. The van der Waals surface area contributed by atoms with E-state index in [4.69, 9.17) is 9.84 Å².